The van der Waals surface area contributed by atoms with Crippen LogP contribution in [0.5, 0.6) is 0 Å². The predicted octanol–water partition coefficient (Wildman–Crippen LogP) is 3.44. The molecule has 0 radical (unpaired) electrons. The summed E-state index contributed by atoms with van der Waals surface area (Å²) in [6.45, 7) is 8.63. The number of nitrogens with one attached hydrogen (secondary N) is 1. The molecule has 0 aliphatic carbocycles. The van der Waals surface area contributed by atoms with Crippen molar-refractivity contribution in [2.75, 3.05) is 39.3 Å². The van der Waals surface area contributed by atoms with Crippen molar-refractivity contribution >= 4 is 5.91 Å². The van der Waals surface area contributed by atoms with Crippen LogP contribution in [0.4, 0.5) is 4.39 Å². The molecule has 4 rings (SSSR count). The van der Waals surface area contributed by atoms with Gasteiger partial charge in [0.1, 0.15) is 5.82 Å². The maximum absolute atomic E-state index is 13.4. The van der Waals surface area contributed by atoms with Crippen molar-refractivity contribution in [2.45, 2.75) is 32.7 Å². The van der Waals surface area contributed by atoms with Gasteiger partial charge in [0, 0.05) is 57.7 Å². The molecule has 0 bridgehead atoms. The number of nitrogens with zero attached hydrogens (tertiary/aromatic N) is 4. The fourth-order valence-corrected chi connectivity index (χ4v) is 4.11. The van der Waals surface area contributed by atoms with Crippen molar-refractivity contribution in [2.24, 2.45) is 0 Å². The summed E-state index contributed by atoms with van der Waals surface area (Å²) in [5, 5.41) is 6.92. The first-order chi connectivity index (χ1) is 16.6. The number of carbonyl (C=O) groups excluding carboxylic acids is 1. The first kappa shape index (κ1) is 24.0. The largest absolute Gasteiger partial charge is 0.356 e. The molecule has 1 aliphatic heterocycles. The minimum absolute atomic E-state index is 0.0231. The molecule has 2 aromatic carbocycles. The maximum Gasteiger partial charge on any atom is 0.227 e. The van der Waals surface area contributed by atoms with E-state index in [0.29, 0.717) is 42.2 Å². The van der Waals surface area contributed by atoms with Crippen LogP contribution in [0.1, 0.15) is 29.9 Å². The average molecular weight is 466 g/mol. The Balaban J connectivity index is 1.09. The SMILES string of the molecule is Cc1cc(-c2noc(CCC(=O)NCCCN3CCN(Cc4ccccc4)CC3)n2)ccc1F. The second-order valence-corrected chi connectivity index (χ2v) is 8.78. The summed E-state index contributed by atoms with van der Waals surface area (Å²) in [4.78, 5) is 21.5. The van der Waals surface area contributed by atoms with E-state index in [-0.39, 0.29) is 11.7 Å². The monoisotopic (exact) mass is 465 g/mol. The Kier molecular flexibility index (Phi) is 8.38. The van der Waals surface area contributed by atoms with E-state index in [0.717, 1.165) is 45.7 Å². The van der Waals surface area contributed by atoms with Gasteiger partial charge in [0.2, 0.25) is 17.6 Å². The molecule has 180 valence electrons. The van der Waals surface area contributed by atoms with Gasteiger partial charge in [-0.1, -0.05) is 35.5 Å². The number of hydrogen-bond acceptors (Lipinski definition) is 6. The Bertz CT molecular complexity index is 1060. The van der Waals surface area contributed by atoms with Crippen LogP contribution in [0.3, 0.4) is 0 Å². The van der Waals surface area contributed by atoms with Gasteiger partial charge in [0.15, 0.2) is 0 Å². The van der Waals surface area contributed by atoms with Gasteiger partial charge in [-0.25, -0.2) is 4.39 Å². The average Bonchev–Trinajstić information content (AvgIpc) is 3.33. The van der Waals surface area contributed by atoms with Crippen LogP contribution in [0, 0.1) is 12.7 Å². The van der Waals surface area contributed by atoms with Gasteiger partial charge in [-0.15, -0.1) is 0 Å². The lowest BCUT2D eigenvalue weighted by Gasteiger charge is -2.34. The van der Waals surface area contributed by atoms with Crippen molar-refractivity contribution in [3.05, 3.63) is 71.4 Å². The van der Waals surface area contributed by atoms with Crippen molar-refractivity contribution in [3.8, 4) is 11.4 Å². The lowest BCUT2D eigenvalue weighted by molar-refractivity contribution is -0.121. The summed E-state index contributed by atoms with van der Waals surface area (Å²) in [5.41, 5.74) is 2.58. The Labute approximate surface area is 200 Å². The molecule has 34 heavy (non-hydrogen) atoms. The number of amides is 1. The lowest BCUT2D eigenvalue weighted by atomic mass is 10.1. The lowest BCUT2D eigenvalue weighted by Crippen LogP contribution is -2.46. The Morgan fingerprint density at radius 1 is 1.09 bits per heavy atom. The molecule has 2 heterocycles. The third-order valence-electron chi connectivity index (χ3n) is 6.14. The fraction of sp³-hybridized carbons (Fsp3) is 0.423. The van der Waals surface area contributed by atoms with Gasteiger partial charge >= 0.3 is 0 Å². The third kappa shape index (κ3) is 6.95. The van der Waals surface area contributed by atoms with Gasteiger partial charge in [-0.05, 0) is 49.2 Å². The number of aromatic nitrogens is 2. The van der Waals surface area contributed by atoms with Crippen LogP contribution in [-0.4, -0.2) is 65.1 Å². The van der Waals surface area contributed by atoms with E-state index in [2.05, 4.69) is 55.6 Å². The molecule has 8 heteroatoms. The highest BCUT2D eigenvalue weighted by atomic mass is 19.1. The van der Waals surface area contributed by atoms with E-state index in [1.165, 1.54) is 11.6 Å². The van der Waals surface area contributed by atoms with E-state index in [9.17, 15) is 9.18 Å². The predicted molar refractivity (Wildman–Crippen MR) is 129 cm³/mol. The van der Waals surface area contributed by atoms with Crippen molar-refractivity contribution in [1.82, 2.24) is 25.3 Å². The zero-order valence-corrected chi connectivity index (χ0v) is 19.7. The van der Waals surface area contributed by atoms with Gasteiger partial charge in [0.05, 0.1) is 0 Å². The highest BCUT2D eigenvalue weighted by Crippen LogP contribution is 2.19. The minimum atomic E-state index is -0.269. The van der Waals surface area contributed by atoms with Gasteiger partial charge in [-0.3, -0.25) is 9.69 Å². The molecule has 1 amide bonds. The molecule has 1 N–H and O–H groups in total. The smallest absolute Gasteiger partial charge is 0.227 e. The number of piperazine rings is 1. The summed E-state index contributed by atoms with van der Waals surface area (Å²) in [7, 11) is 0. The summed E-state index contributed by atoms with van der Waals surface area (Å²) in [6, 6.07) is 15.3. The van der Waals surface area contributed by atoms with E-state index in [1.807, 2.05) is 0 Å². The topological polar surface area (TPSA) is 74.5 Å². The van der Waals surface area contributed by atoms with Crippen LogP contribution in [0.2, 0.25) is 0 Å². The molecule has 1 fully saturated rings. The number of aryl methyl sites for hydroxylation is 2. The zero-order chi connectivity index (χ0) is 23.8. The third-order valence-corrected chi connectivity index (χ3v) is 6.14. The van der Waals surface area contributed by atoms with Crippen LogP contribution >= 0.6 is 0 Å². The van der Waals surface area contributed by atoms with Crippen LogP contribution in [0.15, 0.2) is 53.1 Å². The molecule has 0 unspecified atom stereocenters. The molecular weight excluding hydrogens is 433 g/mol. The van der Waals surface area contributed by atoms with E-state index < -0.39 is 0 Å². The van der Waals surface area contributed by atoms with Gasteiger partial charge < -0.3 is 14.7 Å². The van der Waals surface area contributed by atoms with Crippen LogP contribution in [-0.2, 0) is 17.8 Å². The Morgan fingerprint density at radius 3 is 2.62 bits per heavy atom. The molecule has 7 nitrogen and oxygen atoms in total. The van der Waals surface area contributed by atoms with Gasteiger partial charge in [-0.2, -0.15) is 4.98 Å². The van der Waals surface area contributed by atoms with Crippen LogP contribution < -0.4 is 5.32 Å². The van der Waals surface area contributed by atoms with Crippen molar-refractivity contribution < 1.29 is 13.7 Å². The normalized spacial score (nSPS) is 14.9. The number of benzene rings is 2. The molecule has 1 aliphatic rings. The van der Waals surface area contributed by atoms with E-state index in [1.54, 1.807) is 19.1 Å². The second-order valence-electron chi connectivity index (χ2n) is 8.78. The number of halogens is 1. The number of hydrogen-bond donors (Lipinski definition) is 1. The number of carbonyl (C=O) groups is 1. The first-order valence-corrected chi connectivity index (χ1v) is 11.9. The molecular formula is C26H32FN5O2. The van der Waals surface area contributed by atoms with E-state index >= 15 is 0 Å². The van der Waals surface area contributed by atoms with Gasteiger partial charge in [0.25, 0.3) is 0 Å². The molecule has 0 spiro atoms. The Morgan fingerprint density at radius 2 is 1.85 bits per heavy atom. The standard InChI is InChI=1S/C26H32FN5O2/c1-20-18-22(8-9-23(20)27)26-29-25(34-30-26)11-10-24(33)28-12-5-13-31-14-16-32(17-15-31)19-21-6-3-2-4-7-21/h2-4,6-9,18H,5,10-17,19H2,1H3,(H,28,33). The summed E-state index contributed by atoms with van der Waals surface area (Å²) in [6.07, 6.45) is 1.60. The quantitative estimate of drug-likeness (QED) is 0.463. The van der Waals surface area contributed by atoms with Crippen molar-refractivity contribution in [1.29, 1.82) is 0 Å². The summed E-state index contributed by atoms with van der Waals surface area (Å²) >= 11 is 0. The van der Waals surface area contributed by atoms with E-state index in [4.69, 9.17) is 4.52 Å². The molecule has 0 atom stereocenters. The molecule has 1 aromatic heterocycles. The molecule has 3 aromatic rings. The molecule has 1 saturated heterocycles. The number of rotatable bonds is 10. The highest BCUT2D eigenvalue weighted by Gasteiger charge is 2.17. The van der Waals surface area contributed by atoms with Crippen LogP contribution in [0.25, 0.3) is 11.4 Å². The summed E-state index contributed by atoms with van der Waals surface area (Å²) in [5.74, 6) is 0.516. The molecule has 0 saturated carbocycles. The first-order valence-electron chi connectivity index (χ1n) is 11.9. The Hall–Kier alpha value is -3.10. The summed E-state index contributed by atoms with van der Waals surface area (Å²) < 4.78 is 18.7. The maximum atomic E-state index is 13.4. The fourth-order valence-electron chi connectivity index (χ4n) is 4.11. The van der Waals surface area contributed by atoms with Crippen molar-refractivity contribution in [3.63, 3.8) is 0 Å². The minimum Gasteiger partial charge on any atom is -0.356 e. The highest BCUT2D eigenvalue weighted by molar-refractivity contribution is 5.76. The second kappa shape index (κ2) is 11.9. The zero-order valence-electron chi connectivity index (χ0n) is 19.7.